The molecule has 0 aliphatic carbocycles. The lowest BCUT2D eigenvalue weighted by Gasteiger charge is -2.18. The molecule has 0 aliphatic heterocycles. The number of carbonyl (C=O) groups excluding carboxylic acids is 1. The van der Waals surface area contributed by atoms with Crippen molar-refractivity contribution < 1.29 is 14.3 Å². The second-order valence-electron chi connectivity index (χ2n) is 3.43. The summed E-state index contributed by atoms with van der Waals surface area (Å²) in [6.45, 7) is 3.71. The van der Waals surface area contributed by atoms with Gasteiger partial charge < -0.3 is 14.4 Å². The number of nitrogens with zero attached hydrogens (tertiary/aromatic N) is 1. The number of likely N-dealkylation sites (N-methyl/N-ethyl adjacent to an activating group) is 1. The van der Waals surface area contributed by atoms with Crippen molar-refractivity contribution in [3.63, 3.8) is 0 Å². The van der Waals surface area contributed by atoms with E-state index in [-0.39, 0.29) is 5.91 Å². The van der Waals surface area contributed by atoms with Crippen molar-refractivity contribution in [1.29, 1.82) is 0 Å². The van der Waals surface area contributed by atoms with E-state index in [1.165, 1.54) is 11.2 Å². The fourth-order valence-corrected chi connectivity index (χ4v) is 1.29. The van der Waals surface area contributed by atoms with Crippen molar-refractivity contribution in [1.82, 2.24) is 4.90 Å². The Morgan fingerprint density at radius 3 is 2.79 bits per heavy atom. The third kappa shape index (κ3) is 2.35. The summed E-state index contributed by atoms with van der Waals surface area (Å²) in [6, 6.07) is 1.64. The largest absolute Gasteiger partial charge is 0.469 e. The fraction of sp³-hybridized carbons (Fsp3) is 0.500. The first-order valence-corrected chi connectivity index (χ1v) is 4.50. The van der Waals surface area contributed by atoms with E-state index in [0.29, 0.717) is 17.9 Å². The van der Waals surface area contributed by atoms with Gasteiger partial charge in [0.05, 0.1) is 17.9 Å². The molecule has 1 aromatic rings. The summed E-state index contributed by atoms with van der Waals surface area (Å²) >= 11 is 0. The molecular weight excluding hydrogens is 182 g/mol. The van der Waals surface area contributed by atoms with Gasteiger partial charge in [0.2, 0.25) is 0 Å². The van der Waals surface area contributed by atoms with Crippen molar-refractivity contribution in [2.75, 3.05) is 13.6 Å². The summed E-state index contributed by atoms with van der Waals surface area (Å²) in [5, 5.41) is 9.12. The smallest absolute Gasteiger partial charge is 0.257 e. The van der Waals surface area contributed by atoms with Crippen LogP contribution in [0, 0.1) is 6.92 Å². The number of rotatable bonds is 3. The molecule has 0 radical (unpaired) electrons. The summed E-state index contributed by atoms with van der Waals surface area (Å²) in [4.78, 5) is 13.2. The van der Waals surface area contributed by atoms with Crippen LogP contribution in [0.5, 0.6) is 0 Å². The van der Waals surface area contributed by atoms with E-state index in [9.17, 15) is 4.79 Å². The van der Waals surface area contributed by atoms with Crippen LogP contribution in [-0.2, 0) is 0 Å². The molecule has 0 bridgehead atoms. The SMILES string of the molecule is Cc1occc1C(=O)N(C)CC(C)O. The summed E-state index contributed by atoms with van der Waals surface area (Å²) in [5.41, 5.74) is 0.549. The highest BCUT2D eigenvalue weighted by atomic mass is 16.3. The molecule has 1 N–H and O–H groups in total. The first kappa shape index (κ1) is 10.8. The molecule has 0 spiro atoms. The topological polar surface area (TPSA) is 53.7 Å². The van der Waals surface area contributed by atoms with Gasteiger partial charge in [-0.15, -0.1) is 0 Å². The van der Waals surface area contributed by atoms with E-state index in [1.807, 2.05) is 0 Å². The fourth-order valence-electron chi connectivity index (χ4n) is 1.29. The Morgan fingerprint density at radius 1 is 1.71 bits per heavy atom. The number of aliphatic hydroxyl groups is 1. The van der Waals surface area contributed by atoms with Gasteiger partial charge in [-0.2, -0.15) is 0 Å². The first-order valence-electron chi connectivity index (χ1n) is 4.50. The molecule has 1 rings (SSSR count). The zero-order valence-corrected chi connectivity index (χ0v) is 8.65. The van der Waals surface area contributed by atoms with E-state index in [4.69, 9.17) is 9.52 Å². The van der Waals surface area contributed by atoms with Crippen LogP contribution in [0.1, 0.15) is 23.0 Å². The average molecular weight is 197 g/mol. The molecule has 1 heterocycles. The highest BCUT2D eigenvalue weighted by Crippen LogP contribution is 2.11. The van der Waals surface area contributed by atoms with Gasteiger partial charge in [0.25, 0.3) is 5.91 Å². The van der Waals surface area contributed by atoms with E-state index >= 15 is 0 Å². The number of aliphatic hydroxyl groups excluding tert-OH is 1. The van der Waals surface area contributed by atoms with Crippen molar-refractivity contribution in [3.05, 3.63) is 23.7 Å². The lowest BCUT2D eigenvalue weighted by Crippen LogP contribution is -2.33. The molecule has 14 heavy (non-hydrogen) atoms. The molecule has 0 aromatic carbocycles. The molecule has 4 heteroatoms. The normalized spacial score (nSPS) is 12.6. The van der Waals surface area contributed by atoms with Gasteiger partial charge in [0.1, 0.15) is 5.76 Å². The van der Waals surface area contributed by atoms with Crippen molar-refractivity contribution in [2.24, 2.45) is 0 Å². The minimum absolute atomic E-state index is 0.128. The second-order valence-corrected chi connectivity index (χ2v) is 3.43. The van der Waals surface area contributed by atoms with E-state index in [2.05, 4.69) is 0 Å². The average Bonchev–Trinajstić information content (AvgIpc) is 2.48. The van der Waals surface area contributed by atoms with Gasteiger partial charge in [-0.3, -0.25) is 4.79 Å². The van der Waals surface area contributed by atoms with Crippen LogP contribution < -0.4 is 0 Å². The third-order valence-electron chi connectivity index (χ3n) is 1.97. The van der Waals surface area contributed by atoms with Crippen LogP contribution >= 0.6 is 0 Å². The monoisotopic (exact) mass is 197 g/mol. The highest BCUT2D eigenvalue weighted by Gasteiger charge is 2.16. The number of hydrogen-bond donors (Lipinski definition) is 1. The molecule has 4 nitrogen and oxygen atoms in total. The number of furan rings is 1. The molecule has 1 atom stereocenters. The first-order chi connectivity index (χ1) is 6.52. The maximum Gasteiger partial charge on any atom is 0.257 e. The molecule has 0 saturated carbocycles. The maximum atomic E-state index is 11.7. The molecule has 0 saturated heterocycles. The number of aryl methyl sites for hydroxylation is 1. The Labute approximate surface area is 83.1 Å². The van der Waals surface area contributed by atoms with Gasteiger partial charge in [0, 0.05) is 13.6 Å². The zero-order valence-electron chi connectivity index (χ0n) is 8.65. The number of hydrogen-bond acceptors (Lipinski definition) is 3. The number of carbonyl (C=O) groups is 1. The molecule has 1 aromatic heterocycles. The summed E-state index contributed by atoms with van der Waals surface area (Å²) in [5.74, 6) is 0.476. The Hall–Kier alpha value is -1.29. The molecule has 0 fully saturated rings. The van der Waals surface area contributed by atoms with Crippen molar-refractivity contribution in [2.45, 2.75) is 20.0 Å². The molecular formula is C10H15NO3. The van der Waals surface area contributed by atoms with Crippen LogP contribution in [-0.4, -0.2) is 35.6 Å². The summed E-state index contributed by atoms with van der Waals surface area (Å²) in [6.07, 6.45) is 0.967. The summed E-state index contributed by atoms with van der Waals surface area (Å²) < 4.78 is 5.03. The zero-order chi connectivity index (χ0) is 10.7. The molecule has 1 amide bonds. The molecule has 78 valence electrons. The summed E-state index contributed by atoms with van der Waals surface area (Å²) in [7, 11) is 1.65. The Balaban J connectivity index is 2.71. The van der Waals surface area contributed by atoms with Gasteiger partial charge >= 0.3 is 0 Å². The van der Waals surface area contributed by atoms with E-state index < -0.39 is 6.10 Å². The Kier molecular flexibility index (Phi) is 3.30. The molecule has 0 aliphatic rings. The third-order valence-corrected chi connectivity index (χ3v) is 1.97. The van der Waals surface area contributed by atoms with Gasteiger partial charge in [-0.1, -0.05) is 0 Å². The number of amides is 1. The van der Waals surface area contributed by atoms with Crippen molar-refractivity contribution in [3.8, 4) is 0 Å². The Morgan fingerprint density at radius 2 is 2.36 bits per heavy atom. The Bertz CT molecular complexity index is 317. The minimum atomic E-state index is -0.517. The van der Waals surface area contributed by atoms with Gasteiger partial charge in [0.15, 0.2) is 0 Å². The van der Waals surface area contributed by atoms with E-state index in [1.54, 1.807) is 27.0 Å². The standard InChI is InChI=1S/C10H15NO3/c1-7(12)6-11(3)10(13)9-4-5-14-8(9)2/h4-5,7,12H,6H2,1-3H3. The van der Waals surface area contributed by atoms with Gasteiger partial charge in [-0.05, 0) is 19.9 Å². The van der Waals surface area contributed by atoms with Crippen LogP contribution in [0.3, 0.4) is 0 Å². The van der Waals surface area contributed by atoms with Crippen LogP contribution in [0.4, 0.5) is 0 Å². The maximum absolute atomic E-state index is 11.7. The van der Waals surface area contributed by atoms with Crippen molar-refractivity contribution >= 4 is 5.91 Å². The van der Waals surface area contributed by atoms with Crippen LogP contribution in [0.2, 0.25) is 0 Å². The minimum Gasteiger partial charge on any atom is -0.469 e. The highest BCUT2D eigenvalue weighted by molar-refractivity contribution is 5.94. The lowest BCUT2D eigenvalue weighted by atomic mass is 10.2. The van der Waals surface area contributed by atoms with Crippen LogP contribution in [0.15, 0.2) is 16.7 Å². The quantitative estimate of drug-likeness (QED) is 0.787. The lowest BCUT2D eigenvalue weighted by molar-refractivity contribution is 0.0702. The van der Waals surface area contributed by atoms with E-state index in [0.717, 1.165) is 0 Å². The van der Waals surface area contributed by atoms with Gasteiger partial charge in [-0.25, -0.2) is 0 Å². The molecule has 1 unspecified atom stereocenters. The van der Waals surface area contributed by atoms with Crippen LogP contribution in [0.25, 0.3) is 0 Å². The second kappa shape index (κ2) is 4.28. The predicted octanol–water partition coefficient (Wildman–Crippen LogP) is 1.04. The predicted molar refractivity (Wildman–Crippen MR) is 52.1 cm³/mol.